The molecule has 3 aliphatic heterocycles. The SMILES string of the molecule is O=C(O)N[C@H](C(=O)N[C@H]1CCC[C@@H]1CC[C@H]1CN[C@@H]2CCCS(O)(O)N1C2)[C@@H](c1ccccc1Cl)C1CCOCC1. The molecule has 1 aromatic rings. The molecule has 10 nitrogen and oxygen atoms in total. The second-order valence-electron chi connectivity index (χ2n) is 12.1. The van der Waals surface area contributed by atoms with Gasteiger partial charge in [-0.25, -0.2) is 9.10 Å². The maximum Gasteiger partial charge on any atom is 0.405 e. The Bertz CT molecular complexity index is 1060. The van der Waals surface area contributed by atoms with Crippen molar-refractivity contribution in [2.75, 3.05) is 32.1 Å². The average molecular weight is 613 g/mol. The van der Waals surface area contributed by atoms with E-state index in [2.05, 4.69) is 16.0 Å². The van der Waals surface area contributed by atoms with E-state index >= 15 is 0 Å². The van der Waals surface area contributed by atoms with E-state index in [1.165, 1.54) is 0 Å². The first-order chi connectivity index (χ1) is 19.7. The molecule has 3 heterocycles. The van der Waals surface area contributed by atoms with E-state index in [0.717, 1.165) is 69.9 Å². The first-order valence-corrected chi connectivity index (χ1v) is 17.2. The van der Waals surface area contributed by atoms with Gasteiger partial charge in [0.25, 0.3) is 0 Å². The van der Waals surface area contributed by atoms with Gasteiger partial charge in [0, 0.05) is 55.4 Å². The number of benzene rings is 1. The van der Waals surface area contributed by atoms with Gasteiger partial charge in [-0.05, 0) is 74.8 Å². The lowest BCUT2D eigenvalue weighted by Gasteiger charge is -2.49. The summed E-state index contributed by atoms with van der Waals surface area (Å²) in [7, 11) is -2.75. The normalized spacial score (nSPS) is 32.3. The van der Waals surface area contributed by atoms with E-state index < -0.39 is 28.8 Å². The summed E-state index contributed by atoms with van der Waals surface area (Å²) in [5, 5.41) is 19.7. The predicted molar refractivity (Wildman–Crippen MR) is 160 cm³/mol. The molecule has 6 N–H and O–H groups in total. The number of carbonyl (C=O) groups is 2. The molecule has 1 saturated carbocycles. The molecule has 5 rings (SSSR count). The Morgan fingerprint density at radius 3 is 2.63 bits per heavy atom. The van der Waals surface area contributed by atoms with Crippen molar-refractivity contribution >= 4 is 34.4 Å². The minimum Gasteiger partial charge on any atom is -0.465 e. The Kier molecular flexibility index (Phi) is 10.4. The molecule has 41 heavy (non-hydrogen) atoms. The van der Waals surface area contributed by atoms with Crippen LogP contribution in [0, 0.1) is 11.8 Å². The Morgan fingerprint density at radius 2 is 1.88 bits per heavy atom. The molecular weight excluding hydrogens is 568 g/mol. The summed E-state index contributed by atoms with van der Waals surface area (Å²) in [5.74, 6) is -0.0106. The molecule has 230 valence electrons. The third-order valence-electron chi connectivity index (χ3n) is 9.61. The highest BCUT2D eigenvalue weighted by Crippen LogP contribution is 2.49. The van der Waals surface area contributed by atoms with Gasteiger partial charge in [0.1, 0.15) is 6.04 Å². The van der Waals surface area contributed by atoms with Gasteiger partial charge < -0.3 is 25.8 Å². The van der Waals surface area contributed by atoms with Gasteiger partial charge in [0.2, 0.25) is 5.91 Å². The number of ether oxygens (including phenoxy) is 1. The zero-order valence-electron chi connectivity index (χ0n) is 23.6. The highest BCUT2D eigenvalue weighted by atomic mass is 35.5. The number of fused-ring (bicyclic) bond motifs is 2. The third-order valence-corrected chi connectivity index (χ3v) is 12.0. The van der Waals surface area contributed by atoms with Gasteiger partial charge in [0.15, 0.2) is 0 Å². The van der Waals surface area contributed by atoms with E-state index in [-0.39, 0.29) is 29.8 Å². The maximum atomic E-state index is 13.9. The first kappa shape index (κ1) is 30.8. The Hall–Kier alpha value is -1.60. The van der Waals surface area contributed by atoms with Crippen molar-refractivity contribution in [3.8, 4) is 0 Å². The molecule has 4 aliphatic rings. The summed E-state index contributed by atoms with van der Waals surface area (Å²) < 4.78 is 29.1. The minimum absolute atomic E-state index is 0.0432. The van der Waals surface area contributed by atoms with E-state index in [1.807, 2.05) is 22.5 Å². The van der Waals surface area contributed by atoms with Crippen LogP contribution >= 0.6 is 22.4 Å². The second-order valence-corrected chi connectivity index (χ2v) is 14.7. The lowest BCUT2D eigenvalue weighted by Crippen LogP contribution is -2.56. The quantitative estimate of drug-likeness (QED) is 0.236. The van der Waals surface area contributed by atoms with E-state index in [9.17, 15) is 23.8 Å². The van der Waals surface area contributed by atoms with Crippen LogP contribution in [0.25, 0.3) is 0 Å². The number of hydrogen-bond acceptors (Lipinski definition) is 7. The highest BCUT2D eigenvalue weighted by molar-refractivity contribution is 8.22. The number of carbonyl (C=O) groups excluding carboxylic acids is 1. The summed E-state index contributed by atoms with van der Waals surface area (Å²) in [6.07, 6.45) is 6.47. The summed E-state index contributed by atoms with van der Waals surface area (Å²) in [6.45, 7) is 2.53. The van der Waals surface area contributed by atoms with Gasteiger partial charge in [-0.15, -0.1) is 10.8 Å². The van der Waals surface area contributed by atoms with Crippen LogP contribution in [0.5, 0.6) is 0 Å². The van der Waals surface area contributed by atoms with E-state index in [4.69, 9.17) is 16.3 Å². The average Bonchev–Trinajstić information content (AvgIpc) is 3.35. The van der Waals surface area contributed by atoms with Crippen molar-refractivity contribution in [1.29, 1.82) is 0 Å². The van der Waals surface area contributed by atoms with Crippen molar-refractivity contribution in [3.05, 3.63) is 34.9 Å². The number of nitrogens with one attached hydrogen (secondary N) is 3. The van der Waals surface area contributed by atoms with E-state index in [0.29, 0.717) is 36.6 Å². The zero-order valence-corrected chi connectivity index (χ0v) is 25.1. The summed E-state index contributed by atoms with van der Waals surface area (Å²) in [5.41, 5.74) is 0.775. The zero-order chi connectivity index (χ0) is 29.0. The first-order valence-electron chi connectivity index (χ1n) is 15.1. The molecule has 1 unspecified atom stereocenters. The number of piperazine rings is 1. The standard InChI is InChI=1S/C29H45ClN4O6S/c30-24-8-2-1-7-23(24)26(20-12-14-40-15-13-20)27(33-29(36)37)28(35)32-25-9-3-5-19(25)10-11-22-17-31-21-6-4-16-41(38,39)34(22)18-21/h1-2,7-8,19-22,25-27,31,33,38-39H,3-6,9-18H2,(H,32,35)(H,36,37)/t19-,21-,22+,25+,26-,27+/m1/s1. The van der Waals surface area contributed by atoms with Crippen LogP contribution in [0.3, 0.4) is 0 Å². The van der Waals surface area contributed by atoms with Gasteiger partial charge in [-0.2, -0.15) is 0 Å². The number of halogens is 1. The highest BCUT2D eigenvalue weighted by Gasteiger charge is 2.42. The van der Waals surface area contributed by atoms with Crippen molar-refractivity contribution < 1.29 is 28.5 Å². The van der Waals surface area contributed by atoms with Crippen molar-refractivity contribution in [2.24, 2.45) is 11.8 Å². The molecule has 4 fully saturated rings. The predicted octanol–water partition coefficient (Wildman–Crippen LogP) is 4.65. The van der Waals surface area contributed by atoms with Crippen LogP contribution in [0.2, 0.25) is 5.02 Å². The van der Waals surface area contributed by atoms with Gasteiger partial charge >= 0.3 is 6.09 Å². The minimum atomic E-state index is -2.75. The molecular formula is C29H45ClN4O6S. The number of hydrogen-bond donors (Lipinski definition) is 6. The Balaban J connectivity index is 1.29. The smallest absolute Gasteiger partial charge is 0.405 e. The molecule has 3 saturated heterocycles. The fraction of sp³-hybridized carbons (Fsp3) is 0.724. The van der Waals surface area contributed by atoms with Crippen LogP contribution in [0.15, 0.2) is 24.3 Å². The summed E-state index contributed by atoms with van der Waals surface area (Å²) >= 11 is 6.62. The van der Waals surface area contributed by atoms with Crippen molar-refractivity contribution in [1.82, 2.24) is 20.3 Å². The van der Waals surface area contributed by atoms with Crippen LogP contribution < -0.4 is 16.0 Å². The third kappa shape index (κ3) is 7.49. The number of rotatable bonds is 9. The molecule has 2 amide bonds. The fourth-order valence-electron chi connectivity index (χ4n) is 7.50. The Labute approximate surface area is 249 Å². The lowest BCUT2D eigenvalue weighted by molar-refractivity contribution is -0.125. The molecule has 0 spiro atoms. The van der Waals surface area contributed by atoms with Gasteiger partial charge in [-0.3, -0.25) is 13.9 Å². The van der Waals surface area contributed by atoms with Crippen LogP contribution in [-0.2, 0) is 9.53 Å². The summed E-state index contributed by atoms with van der Waals surface area (Å²) in [4.78, 5) is 25.9. The topological polar surface area (TPSA) is 143 Å². The molecule has 0 aromatic heterocycles. The van der Waals surface area contributed by atoms with Crippen LogP contribution in [0.4, 0.5) is 4.79 Å². The fourth-order valence-corrected chi connectivity index (χ4v) is 9.63. The number of amides is 2. The van der Waals surface area contributed by atoms with Gasteiger partial charge in [-0.1, -0.05) is 36.2 Å². The second kappa shape index (κ2) is 13.8. The Morgan fingerprint density at radius 1 is 1.10 bits per heavy atom. The van der Waals surface area contributed by atoms with Crippen LogP contribution in [0.1, 0.15) is 69.3 Å². The number of carboxylic acid groups (broad SMARTS) is 1. The maximum absolute atomic E-state index is 13.9. The van der Waals surface area contributed by atoms with Gasteiger partial charge in [0.05, 0.1) is 5.75 Å². The molecule has 1 aliphatic carbocycles. The molecule has 7 atom stereocenters. The molecule has 2 bridgehead atoms. The lowest BCUT2D eigenvalue weighted by atomic mass is 9.76. The van der Waals surface area contributed by atoms with E-state index in [1.54, 1.807) is 6.07 Å². The number of nitrogens with zero attached hydrogens (tertiary/aromatic N) is 1. The monoisotopic (exact) mass is 612 g/mol. The molecule has 12 heteroatoms. The van der Waals surface area contributed by atoms with Crippen LogP contribution in [-0.4, -0.2) is 86.7 Å². The molecule has 0 radical (unpaired) electrons. The summed E-state index contributed by atoms with van der Waals surface area (Å²) in [6, 6.07) is 6.69. The van der Waals surface area contributed by atoms with Crippen molar-refractivity contribution in [2.45, 2.75) is 87.9 Å². The molecule has 1 aromatic carbocycles. The largest absolute Gasteiger partial charge is 0.465 e. The van der Waals surface area contributed by atoms with Crippen molar-refractivity contribution in [3.63, 3.8) is 0 Å².